The fraction of sp³-hybridized carbons (Fsp3) is 0. The Bertz CT molecular complexity index is 768. The molecule has 0 saturated heterocycles. The smallest absolute Gasteiger partial charge is 0.270 e. The summed E-state index contributed by atoms with van der Waals surface area (Å²) in [7, 11) is 0. The predicted octanol–water partition coefficient (Wildman–Crippen LogP) is 4.10. The van der Waals surface area contributed by atoms with Crippen molar-refractivity contribution in [1.82, 2.24) is 4.98 Å². The summed E-state index contributed by atoms with van der Waals surface area (Å²) in [4.78, 5) is 14.0. The van der Waals surface area contributed by atoms with Crippen molar-refractivity contribution in [3.63, 3.8) is 0 Å². The molecule has 0 fully saturated rings. The first-order valence-corrected chi connectivity index (χ1v) is 6.80. The van der Waals surface area contributed by atoms with E-state index in [1.54, 1.807) is 0 Å². The van der Waals surface area contributed by atoms with E-state index in [0.717, 1.165) is 0 Å². The maximum atomic E-state index is 10.7. The molecule has 7 nitrogen and oxygen atoms in total. The van der Waals surface area contributed by atoms with E-state index in [9.17, 15) is 15.2 Å². The van der Waals surface area contributed by atoms with Gasteiger partial charge in [0.1, 0.15) is 10.9 Å². The Kier molecular flexibility index (Phi) is 5.02. The largest absolute Gasteiger partial charge is 0.507 e. The maximum Gasteiger partial charge on any atom is 0.270 e. The third-order valence-electron chi connectivity index (χ3n) is 2.48. The van der Waals surface area contributed by atoms with Gasteiger partial charge in [-0.25, -0.2) is 4.98 Å². The molecule has 0 atom stereocenters. The van der Waals surface area contributed by atoms with Crippen LogP contribution in [0.15, 0.2) is 29.4 Å². The minimum Gasteiger partial charge on any atom is -0.507 e. The van der Waals surface area contributed by atoms with Gasteiger partial charge in [-0.05, 0) is 12.1 Å². The first-order valence-electron chi connectivity index (χ1n) is 5.66. The number of phenols is 1. The van der Waals surface area contributed by atoms with Gasteiger partial charge in [0.2, 0.25) is 0 Å². The molecule has 1 aromatic heterocycles. The normalized spacial score (nSPS) is 10.9. The molecule has 0 saturated carbocycles. The van der Waals surface area contributed by atoms with Crippen molar-refractivity contribution >= 4 is 52.5 Å². The van der Waals surface area contributed by atoms with E-state index in [4.69, 9.17) is 34.8 Å². The van der Waals surface area contributed by atoms with E-state index in [2.05, 4.69) is 15.5 Å². The highest BCUT2D eigenvalue weighted by molar-refractivity contribution is 6.42. The average Bonchev–Trinajstić information content (AvgIpc) is 2.46. The topological polar surface area (TPSA) is 101 Å². The minimum atomic E-state index is -0.582. The lowest BCUT2D eigenvalue weighted by atomic mass is 10.2. The number of benzene rings is 1. The highest BCUT2D eigenvalue weighted by atomic mass is 35.5. The predicted molar refractivity (Wildman–Crippen MR) is 85.2 cm³/mol. The van der Waals surface area contributed by atoms with Crippen molar-refractivity contribution in [2.45, 2.75) is 0 Å². The van der Waals surface area contributed by atoms with Gasteiger partial charge in [0.15, 0.2) is 5.82 Å². The molecular weight excluding hydrogens is 355 g/mol. The van der Waals surface area contributed by atoms with Crippen molar-refractivity contribution in [2.24, 2.45) is 5.10 Å². The summed E-state index contributed by atoms with van der Waals surface area (Å²) in [6.45, 7) is 0. The lowest BCUT2D eigenvalue weighted by Gasteiger charge is -2.04. The summed E-state index contributed by atoms with van der Waals surface area (Å²) in [6.07, 6.45) is 1.18. The molecule has 0 bridgehead atoms. The molecule has 2 rings (SSSR count). The molecule has 0 aliphatic rings. The van der Waals surface area contributed by atoms with Gasteiger partial charge in [-0.1, -0.05) is 34.8 Å². The molecule has 0 spiro atoms. The third kappa shape index (κ3) is 3.76. The summed E-state index contributed by atoms with van der Waals surface area (Å²) in [5.41, 5.74) is 2.48. The number of nitro groups is 1. The van der Waals surface area contributed by atoms with Crippen LogP contribution in [0, 0.1) is 10.1 Å². The van der Waals surface area contributed by atoms with E-state index in [1.165, 1.54) is 30.5 Å². The van der Waals surface area contributed by atoms with Gasteiger partial charge in [-0.3, -0.25) is 15.5 Å². The number of rotatable bonds is 4. The van der Waals surface area contributed by atoms with Crippen molar-refractivity contribution in [1.29, 1.82) is 0 Å². The zero-order valence-electron chi connectivity index (χ0n) is 10.6. The molecule has 2 N–H and O–H groups in total. The summed E-state index contributed by atoms with van der Waals surface area (Å²) >= 11 is 17.4. The van der Waals surface area contributed by atoms with Gasteiger partial charge in [-0.2, -0.15) is 5.10 Å². The number of hydrazone groups is 1. The van der Waals surface area contributed by atoms with Crippen LogP contribution in [0.2, 0.25) is 15.2 Å². The zero-order chi connectivity index (χ0) is 16.3. The second-order valence-corrected chi connectivity index (χ2v) is 5.13. The van der Waals surface area contributed by atoms with Crippen LogP contribution in [0.25, 0.3) is 0 Å². The number of phenolic OH excluding ortho intramolecular Hbond substituents is 1. The third-order valence-corrected chi connectivity index (χ3v) is 3.44. The lowest BCUT2D eigenvalue weighted by molar-refractivity contribution is -0.384. The quantitative estimate of drug-likeness (QED) is 0.369. The van der Waals surface area contributed by atoms with E-state index >= 15 is 0 Å². The Morgan fingerprint density at radius 2 is 2.00 bits per heavy atom. The van der Waals surface area contributed by atoms with E-state index in [-0.39, 0.29) is 38.0 Å². The molecule has 10 heteroatoms. The number of nitrogens with zero attached hydrogens (tertiary/aromatic N) is 3. The number of anilines is 1. The van der Waals surface area contributed by atoms with Crippen LogP contribution in [0.5, 0.6) is 5.75 Å². The summed E-state index contributed by atoms with van der Waals surface area (Å²) in [6, 6.07) is 4.94. The first kappa shape index (κ1) is 16.3. The van der Waals surface area contributed by atoms with Gasteiger partial charge in [0, 0.05) is 17.7 Å². The molecule has 114 valence electrons. The number of aromatic nitrogens is 1. The fourth-order valence-corrected chi connectivity index (χ4v) is 1.98. The van der Waals surface area contributed by atoms with E-state index in [1.807, 2.05) is 0 Å². The Labute approximate surface area is 139 Å². The number of pyridine rings is 1. The van der Waals surface area contributed by atoms with Crippen LogP contribution in [-0.4, -0.2) is 21.2 Å². The fourth-order valence-electron chi connectivity index (χ4n) is 1.44. The molecule has 0 radical (unpaired) electrons. The number of nitrogens with one attached hydrogen (secondary N) is 1. The zero-order valence-corrected chi connectivity index (χ0v) is 12.9. The maximum absolute atomic E-state index is 10.7. The molecule has 2 aromatic rings. The Balaban J connectivity index is 2.21. The number of non-ortho nitro benzene ring substituents is 1. The van der Waals surface area contributed by atoms with Crippen LogP contribution in [0.4, 0.5) is 11.5 Å². The summed E-state index contributed by atoms with van der Waals surface area (Å²) < 4.78 is 0. The van der Waals surface area contributed by atoms with Crippen molar-refractivity contribution in [3.8, 4) is 5.75 Å². The molecule has 0 aliphatic carbocycles. The molecular formula is C12H7Cl3N4O3. The number of hydrogen-bond acceptors (Lipinski definition) is 6. The van der Waals surface area contributed by atoms with E-state index in [0.29, 0.717) is 0 Å². The molecule has 22 heavy (non-hydrogen) atoms. The SMILES string of the molecule is O=[N+]([O-])c1ccc(O)c(/C=N/Nc2nc(Cl)c(Cl)cc2Cl)c1. The van der Waals surface area contributed by atoms with Crippen LogP contribution >= 0.6 is 34.8 Å². The number of hydrogen-bond donors (Lipinski definition) is 2. The highest BCUT2D eigenvalue weighted by Crippen LogP contribution is 2.29. The van der Waals surface area contributed by atoms with Crippen LogP contribution in [0.1, 0.15) is 5.56 Å². The van der Waals surface area contributed by atoms with Gasteiger partial charge >= 0.3 is 0 Å². The van der Waals surface area contributed by atoms with Crippen molar-refractivity contribution < 1.29 is 10.0 Å². The van der Waals surface area contributed by atoms with Gasteiger partial charge < -0.3 is 5.11 Å². The Morgan fingerprint density at radius 3 is 2.68 bits per heavy atom. The lowest BCUT2D eigenvalue weighted by Crippen LogP contribution is -1.96. The van der Waals surface area contributed by atoms with E-state index < -0.39 is 4.92 Å². The standard InChI is InChI=1S/C12H7Cl3N4O3/c13-8-4-9(14)12(17-11(8)15)18-16-5-6-3-7(19(21)22)1-2-10(6)20/h1-5,20H,(H,17,18)/b16-5+. The van der Waals surface area contributed by atoms with Crippen LogP contribution < -0.4 is 5.43 Å². The van der Waals surface area contributed by atoms with Crippen molar-refractivity contribution in [2.75, 3.05) is 5.43 Å². The first-order chi connectivity index (χ1) is 10.4. The number of halogens is 3. The summed E-state index contributed by atoms with van der Waals surface area (Å²) in [5.74, 6) is -0.0124. The molecule has 1 heterocycles. The second kappa shape index (κ2) is 6.78. The summed E-state index contributed by atoms with van der Waals surface area (Å²) in [5, 5.41) is 24.5. The molecule has 1 aromatic carbocycles. The second-order valence-electron chi connectivity index (χ2n) is 3.96. The van der Waals surface area contributed by atoms with Crippen LogP contribution in [-0.2, 0) is 0 Å². The van der Waals surface area contributed by atoms with Gasteiger partial charge in [0.05, 0.1) is 21.2 Å². The minimum absolute atomic E-state index is 0.0435. The highest BCUT2D eigenvalue weighted by Gasteiger charge is 2.09. The average molecular weight is 362 g/mol. The van der Waals surface area contributed by atoms with Gasteiger partial charge in [-0.15, -0.1) is 0 Å². The van der Waals surface area contributed by atoms with Crippen LogP contribution in [0.3, 0.4) is 0 Å². The number of aromatic hydroxyl groups is 1. The Hall–Kier alpha value is -2.09. The molecule has 0 unspecified atom stereocenters. The Morgan fingerprint density at radius 1 is 1.27 bits per heavy atom. The molecule has 0 amide bonds. The van der Waals surface area contributed by atoms with Gasteiger partial charge in [0.25, 0.3) is 5.69 Å². The molecule has 0 aliphatic heterocycles. The monoisotopic (exact) mass is 360 g/mol. The number of nitro benzene ring substituents is 1. The van der Waals surface area contributed by atoms with Crippen molar-refractivity contribution in [3.05, 3.63) is 55.1 Å².